The van der Waals surface area contributed by atoms with E-state index in [4.69, 9.17) is 10.1 Å². The molecule has 1 amide bonds. The van der Waals surface area contributed by atoms with Crippen molar-refractivity contribution in [1.29, 1.82) is 0 Å². The molecule has 2 aromatic carbocycles. The van der Waals surface area contributed by atoms with E-state index in [-0.39, 0.29) is 34.6 Å². The van der Waals surface area contributed by atoms with Gasteiger partial charge in [0, 0.05) is 18.0 Å². The van der Waals surface area contributed by atoms with Crippen LogP contribution in [0.2, 0.25) is 0 Å². The molecule has 1 aliphatic heterocycles. The minimum absolute atomic E-state index is 0.0351. The highest BCUT2D eigenvalue weighted by molar-refractivity contribution is 7.91. The van der Waals surface area contributed by atoms with Gasteiger partial charge in [-0.25, -0.2) is 18.2 Å². The van der Waals surface area contributed by atoms with Crippen LogP contribution in [0.3, 0.4) is 0 Å². The van der Waals surface area contributed by atoms with E-state index in [1.54, 1.807) is 31.2 Å². The largest absolute Gasteiger partial charge is 0.478 e. The van der Waals surface area contributed by atoms with E-state index in [0.717, 1.165) is 21.7 Å². The molecule has 0 aliphatic carbocycles. The van der Waals surface area contributed by atoms with Crippen molar-refractivity contribution in [2.24, 2.45) is 5.92 Å². The zero-order chi connectivity index (χ0) is 26.0. The van der Waals surface area contributed by atoms with Crippen LogP contribution in [0, 0.1) is 5.92 Å². The number of thiazole rings is 1. The molecule has 0 saturated carbocycles. The number of hydrogen-bond acceptors (Lipinski definition) is 7. The third-order valence-corrected chi connectivity index (χ3v) is 8.96. The fourth-order valence-corrected chi connectivity index (χ4v) is 6.35. The molecule has 2 N–H and O–H groups in total. The average molecular weight is 528 g/mol. The maximum absolute atomic E-state index is 12.6. The van der Waals surface area contributed by atoms with Crippen molar-refractivity contribution in [3.05, 3.63) is 75.8 Å². The lowest BCUT2D eigenvalue weighted by atomic mass is 10.0. The Bertz CT molecular complexity index is 1360. The molecule has 2 heterocycles. The molecule has 1 aromatic heterocycles. The summed E-state index contributed by atoms with van der Waals surface area (Å²) in [6.07, 6.45) is 0.128. The SMILES string of the molecule is CCS(=O)(=O)c1ccc(CC(=O)Nc2nc3c(s2)CN(Cc2ccc(C(=O)O)cc2)C3C(C)C)cc1. The van der Waals surface area contributed by atoms with Gasteiger partial charge in [0.05, 0.1) is 34.4 Å². The predicted molar refractivity (Wildman–Crippen MR) is 139 cm³/mol. The number of sulfone groups is 1. The zero-order valence-corrected chi connectivity index (χ0v) is 22.0. The molecular formula is C26H29N3O5S2. The molecule has 10 heteroatoms. The second-order valence-corrected chi connectivity index (χ2v) is 12.6. The number of benzene rings is 2. The van der Waals surface area contributed by atoms with Gasteiger partial charge in [0.15, 0.2) is 15.0 Å². The van der Waals surface area contributed by atoms with Gasteiger partial charge >= 0.3 is 5.97 Å². The number of hydrogen-bond donors (Lipinski definition) is 2. The fraction of sp³-hybridized carbons (Fsp3) is 0.346. The third-order valence-electron chi connectivity index (χ3n) is 6.24. The molecule has 1 unspecified atom stereocenters. The van der Waals surface area contributed by atoms with Crippen LogP contribution in [0.15, 0.2) is 53.4 Å². The molecule has 4 rings (SSSR count). The Balaban J connectivity index is 1.41. The summed E-state index contributed by atoms with van der Waals surface area (Å²) in [6, 6.07) is 13.4. The second kappa shape index (κ2) is 10.5. The lowest BCUT2D eigenvalue weighted by molar-refractivity contribution is -0.115. The molecule has 190 valence electrons. The summed E-state index contributed by atoms with van der Waals surface area (Å²) in [7, 11) is -3.27. The summed E-state index contributed by atoms with van der Waals surface area (Å²) < 4.78 is 23.9. The molecule has 1 atom stereocenters. The Morgan fingerprint density at radius 2 is 1.75 bits per heavy atom. The van der Waals surface area contributed by atoms with Crippen molar-refractivity contribution in [3.8, 4) is 0 Å². The van der Waals surface area contributed by atoms with Crippen LogP contribution in [0.5, 0.6) is 0 Å². The number of nitrogens with zero attached hydrogens (tertiary/aromatic N) is 2. The van der Waals surface area contributed by atoms with Crippen LogP contribution in [0.25, 0.3) is 0 Å². The van der Waals surface area contributed by atoms with Crippen molar-refractivity contribution in [1.82, 2.24) is 9.88 Å². The number of rotatable bonds is 9. The number of fused-ring (bicyclic) bond motifs is 1. The number of aromatic nitrogens is 1. The Morgan fingerprint density at radius 1 is 1.11 bits per heavy atom. The molecule has 0 saturated heterocycles. The van der Waals surface area contributed by atoms with Gasteiger partial charge in [-0.05, 0) is 41.3 Å². The van der Waals surface area contributed by atoms with Gasteiger partial charge in [-0.1, -0.05) is 45.0 Å². The first-order chi connectivity index (χ1) is 17.1. The average Bonchev–Trinajstić information content (AvgIpc) is 3.35. The van der Waals surface area contributed by atoms with Crippen LogP contribution in [0.4, 0.5) is 5.13 Å². The van der Waals surface area contributed by atoms with E-state index in [1.807, 2.05) is 12.1 Å². The normalized spacial score (nSPS) is 15.7. The first kappa shape index (κ1) is 26.0. The standard InChI is InChI=1S/C26H29N3O5S2/c1-4-36(33,34)20-11-7-17(8-12-20)13-22(30)27-26-28-23-21(35-26)15-29(24(23)16(2)3)14-18-5-9-19(10-6-18)25(31)32/h5-12,16,24H,4,13-15H2,1-3H3,(H,31,32)(H,27,28,30). The van der Waals surface area contributed by atoms with E-state index >= 15 is 0 Å². The van der Waals surface area contributed by atoms with Crippen LogP contribution >= 0.6 is 11.3 Å². The lowest BCUT2D eigenvalue weighted by Crippen LogP contribution is -2.26. The van der Waals surface area contributed by atoms with Crippen molar-refractivity contribution in [3.63, 3.8) is 0 Å². The Kier molecular flexibility index (Phi) is 7.58. The van der Waals surface area contributed by atoms with Crippen molar-refractivity contribution >= 4 is 38.2 Å². The summed E-state index contributed by atoms with van der Waals surface area (Å²) >= 11 is 1.47. The molecule has 8 nitrogen and oxygen atoms in total. The molecule has 0 spiro atoms. The van der Waals surface area contributed by atoms with E-state index < -0.39 is 15.8 Å². The third kappa shape index (κ3) is 5.66. The summed E-state index contributed by atoms with van der Waals surface area (Å²) in [6.45, 7) is 7.27. The number of anilines is 1. The Labute approximate surface area is 214 Å². The molecular weight excluding hydrogens is 498 g/mol. The molecule has 0 radical (unpaired) electrons. The molecule has 1 aliphatic rings. The van der Waals surface area contributed by atoms with E-state index in [0.29, 0.717) is 24.1 Å². The summed E-state index contributed by atoms with van der Waals surface area (Å²) in [5.41, 5.74) is 3.00. The number of nitrogens with one attached hydrogen (secondary N) is 1. The first-order valence-electron chi connectivity index (χ1n) is 11.7. The Hall–Kier alpha value is -3.08. The van der Waals surface area contributed by atoms with E-state index in [9.17, 15) is 18.0 Å². The predicted octanol–water partition coefficient (Wildman–Crippen LogP) is 4.53. The quantitative estimate of drug-likeness (QED) is 0.420. The van der Waals surface area contributed by atoms with E-state index in [1.165, 1.54) is 23.5 Å². The van der Waals surface area contributed by atoms with Crippen LogP contribution < -0.4 is 5.32 Å². The number of carboxylic acid groups (broad SMARTS) is 1. The number of carbonyl (C=O) groups is 2. The Morgan fingerprint density at radius 3 is 2.33 bits per heavy atom. The van der Waals surface area contributed by atoms with Gasteiger partial charge in [0.25, 0.3) is 0 Å². The van der Waals surface area contributed by atoms with Crippen molar-refractivity contribution < 1.29 is 23.1 Å². The highest BCUT2D eigenvalue weighted by atomic mass is 32.2. The highest BCUT2D eigenvalue weighted by Crippen LogP contribution is 2.43. The molecule has 36 heavy (non-hydrogen) atoms. The smallest absolute Gasteiger partial charge is 0.335 e. The lowest BCUT2D eigenvalue weighted by Gasteiger charge is -2.27. The summed E-state index contributed by atoms with van der Waals surface area (Å²) in [5, 5.41) is 12.6. The monoisotopic (exact) mass is 527 g/mol. The number of amides is 1. The van der Waals surface area contributed by atoms with Gasteiger partial charge in [0.1, 0.15) is 0 Å². The van der Waals surface area contributed by atoms with Crippen LogP contribution in [0.1, 0.15) is 58.9 Å². The van der Waals surface area contributed by atoms with Gasteiger partial charge in [0.2, 0.25) is 5.91 Å². The van der Waals surface area contributed by atoms with Gasteiger partial charge < -0.3 is 10.4 Å². The minimum Gasteiger partial charge on any atom is -0.478 e. The van der Waals surface area contributed by atoms with Gasteiger partial charge in [-0.15, -0.1) is 11.3 Å². The molecule has 0 bridgehead atoms. The minimum atomic E-state index is -3.27. The van der Waals surface area contributed by atoms with E-state index in [2.05, 4.69) is 24.1 Å². The molecule has 0 fully saturated rings. The van der Waals surface area contributed by atoms with Crippen LogP contribution in [-0.4, -0.2) is 41.0 Å². The second-order valence-electron chi connectivity index (χ2n) is 9.20. The summed E-state index contributed by atoms with van der Waals surface area (Å²) in [5.74, 6) is -0.809. The van der Waals surface area contributed by atoms with Crippen molar-refractivity contribution in [2.75, 3.05) is 11.1 Å². The van der Waals surface area contributed by atoms with Gasteiger partial charge in [-0.3, -0.25) is 9.69 Å². The zero-order valence-electron chi connectivity index (χ0n) is 20.4. The number of aromatic carboxylic acids is 1. The number of carboxylic acids is 1. The highest BCUT2D eigenvalue weighted by Gasteiger charge is 2.36. The fourth-order valence-electron chi connectivity index (χ4n) is 4.43. The maximum atomic E-state index is 12.6. The number of carbonyl (C=O) groups excluding carboxylic acids is 1. The topological polar surface area (TPSA) is 117 Å². The van der Waals surface area contributed by atoms with Crippen molar-refractivity contribution in [2.45, 2.75) is 51.2 Å². The van der Waals surface area contributed by atoms with Gasteiger partial charge in [-0.2, -0.15) is 0 Å². The van der Waals surface area contributed by atoms with Crippen LogP contribution in [-0.2, 0) is 34.1 Å². The first-order valence-corrected chi connectivity index (χ1v) is 14.2. The maximum Gasteiger partial charge on any atom is 0.335 e. The molecule has 3 aromatic rings. The summed E-state index contributed by atoms with van der Waals surface area (Å²) in [4.78, 5) is 32.2.